The average molecular weight is 712 g/mol. The number of fused-ring (bicyclic) bond motifs is 1. The number of piperidine rings is 1. The summed E-state index contributed by atoms with van der Waals surface area (Å²) in [5.41, 5.74) is 0.957. The van der Waals surface area contributed by atoms with Gasteiger partial charge in [0, 0.05) is 30.5 Å². The number of carbonyl (C=O) groups excluding carboxylic acids is 1. The zero-order valence-corrected chi connectivity index (χ0v) is 30.0. The van der Waals surface area contributed by atoms with Crippen LogP contribution >= 0.6 is 0 Å². The Hall–Kier alpha value is -4.22. The number of H-pyrrole nitrogens is 1. The second-order valence-corrected chi connectivity index (χ2v) is 14.5. The van der Waals surface area contributed by atoms with Crippen molar-refractivity contribution in [1.29, 1.82) is 0 Å². The number of aliphatic hydroxyl groups is 2. The van der Waals surface area contributed by atoms with Crippen molar-refractivity contribution >= 4 is 16.9 Å². The molecule has 0 radical (unpaired) electrons. The predicted octanol–water partition coefficient (Wildman–Crippen LogP) is 5.94. The topological polar surface area (TPSA) is 144 Å². The number of rotatable bonds is 16. The zero-order chi connectivity index (χ0) is 36.3. The molecule has 10 nitrogen and oxygen atoms in total. The minimum atomic E-state index is -1.59. The van der Waals surface area contributed by atoms with E-state index in [0.29, 0.717) is 41.8 Å². The van der Waals surface area contributed by atoms with Crippen LogP contribution < -0.4 is 15.6 Å². The molecule has 0 bridgehead atoms. The van der Waals surface area contributed by atoms with Crippen molar-refractivity contribution in [2.24, 2.45) is 11.8 Å². The lowest BCUT2D eigenvalue weighted by Gasteiger charge is -2.37. The summed E-state index contributed by atoms with van der Waals surface area (Å²) in [5, 5.41) is 36.5. The van der Waals surface area contributed by atoms with Gasteiger partial charge in [0.2, 0.25) is 5.56 Å². The van der Waals surface area contributed by atoms with Gasteiger partial charge in [-0.3, -0.25) is 9.69 Å². The molecule has 4 aromatic rings. The second-order valence-electron chi connectivity index (χ2n) is 14.5. The summed E-state index contributed by atoms with van der Waals surface area (Å²) in [7, 11) is 0. The van der Waals surface area contributed by atoms with Gasteiger partial charge >= 0.3 is 5.97 Å². The van der Waals surface area contributed by atoms with Crippen molar-refractivity contribution in [3.8, 4) is 11.5 Å². The maximum absolute atomic E-state index is 13.5. The highest BCUT2D eigenvalue weighted by Gasteiger charge is 2.47. The Morgan fingerprint density at radius 3 is 2.42 bits per heavy atom. The number of unbranched alkanes of at least 4 members (excludes halogenated alkanes) is 1. The van der Waals surface area contributed by atoms with Gasteiger partial charge in [-0.1, -0.05) is 67.8 Å². The second kappa shape index (κ2) is 18.0. The van der Waals surface area contributed by atoms with E-state index in [-0.39, 0.29) is 23.1 Å². The summed E-state index contributed by atoms with van der Waals surface area (Å²) in [6.45, 7) is 4.75. The van der Waals surface area contributed by atoms with Crippen LogP contribution in [-0.4, -0.2) is 70.6 Å². The molecule has 2 atom stereocenters. The number of esters is 1. The van der Waals surface area contributed by atoms with Crippen molar-refractivity contribution in [3.05, 3.63) is 106 Å². The smallest absolute Gasteiger partial charge is 0.343 e. The molecule has 1 aromatic heterocycles. The van der Waals surface area contributed by atoms with Crippen molar-refractivity contribution in [3.63, 3.8) is 0 Å². The molecule has 2 fully saturated rings. The molecule has 3 aromatic carbocycles. The Balaban J connectivity index is 0.860. The van der Waals surface area contributed by atoms with Gasteiger partial charge in [-0.25, -0.2) is 4.79 Å². The van der Waals surface area contributed by atoms with Gasteiger partial charge in [0.15, 0.2) is 5.60 Å². The third kappa shape index (κ3) is 9.41. The summed E-state index contributed by atoms with van der Waals surface area (Å²) in [6.07, 6.45) is 7.76. The van der Waals surface area contributed by atoms with E-state index in [1.165, 1.54) is 17.7 Å². The number of nitrogens with one attached hydrogen (secondary N) is 2. The molecule has 5 N–H and O–H groups in total. The number of phenolic OH excluding ortho intramolecular Hbond substituents is 1. The van der Waals surface area contributed by atoms with Gasteiger partial charge in [-0.05, 0) is 105 Å². The molecular weight excluding hydrogens is 658 g/mol. The molecule has 1 aliphatic heterocycles. The fourth-order valence-corrected chi connectivity index (χ4v) is 7.74. The quantitative estimate of drug-likeness (QED) is 0.0705. The third-order valence-corrected chi connectivity index (χ3v) is 10.8. The molecular formula is C42H53N3O7. The van der Waals surface area contributed by atoms with Crippen molar-refractivity contribution in [2.75, 3.05) is 39.4 Å². The maximum atomic E-state index is 13.5. The lowest BCUT2D eigenvalue weighted by Crippen LogP contribution is -2.46. The average Bonchev–Trinajstić information content (AvgIpc) is 3.18. The molecule has 1 aliphatic carbocycles. The van der Waals surface area contributed by atoms with Crippen LogP contribution in [0.15, 0.2) is 83.7 Å². The normalized spacial score (nSPS) is 17.8. The molecule has 52 heavy (non-hydrogen) atoms. The molecule has 1 saturated carbocycles. The van der Waals surface area contributed by atoms with Crippen LogP contribution in [0.3, 0.4) is 0 Å². The number of phenols is 1. The number of ether oxygens (including phenoxy) is 2. The SMILES string of the molecule is O=C(OCC1CCN(Cc2ccc(OCCCCNC[C@H](O)c3ccc(O)c4[nH]c(=O)ccc34)cc2)CC1)C(O)(c1ccccc1)C1CCCCC1. The van der Waals surface area contributed by atoms with Gasteiger partial charge < -0.3 is 35.1 Å². The number of aromatic nitrogens is 1. The van der Waals surface area contributed by atoms with Crippen LogP contribution in [-0.2, 0) is 21.7 Å². The molecule has 278 valence electrons. The van der Waals surface area contributed by atoms with Crippen LogP contribution in [0.5, 0.6) is 11.5 Å². The Morgan fingerprint density at radius 2 is 1.67 bits per heavy atom. The predicted molar refractivity (Wildman–Crippen MR) is 201 cm³/mol. The molecule has 0 amide bonds. The van der Waals surface area contributed by atoms with Gasteiger partial charge in [-0.15, -0.1) is 0 Å². The molecule has 2 heterocycles. The first-order valence-corrected chi connectivity index (χ1v) is 18.9. The lowest BCUT2D eigenvalue weighted by atomic mass is 9.73. The fraction of sp³-hybridized carbons (Fsp3) is 0.476. The first kappa shape index (κ1) is 37.5. The van der Waals surface area contributed by atoms with Gasteiger partial charge in [0.1, 0.15) is 11.5 Å². The highest BCUT2D eigenvalue weighted by Crippen LogP contribution is 2.40. The summed E-state index contributed by atoms with van der Waals surface area (Å²) < 4.78 is 11.8. The van der Waals surface area contributed by atoms with Crippen LogP contribution in [0.25, 0.3) is 10.9 Å². The number of nitrogens with zero attached hydrogens (tertiary/aromatic N) is 1. The van der Waals surface area contributed by atoms with E-state index in [4.69, 9.17) is 9.47 Å². The molecule has 0 spiro atoms. The van der Waals surface area contributed by atoms with Crippen LogP contribution in [0.2, 0.25) is 0 Å². The number of aromatic amines is 1. The highest BCUT2D eigenvalue weighted by atomic mass is 16.5. The highest BCUT2D eigenvalue weighted by molar-refractivity contribution is 5.87. The molecule has 10 heteroatoms. The van der Waals surface area contributed by atoms with E-state index < -0.39 is 17.7 Å². The summed E-state index contributed by atoms with van der Waals surface area (Å²) in [4.78, 5) is 30.2. The maximum Gasteiger partial charge on any atom is 0.343 e. The fourth-order valence-electron chi connectivity index (χ4n) is 7.74. The molecule has 1 unspecified atom stereocenters. The van der Waals surface area contributed by atoms with E-state index in [9.17, 15) is 24.9 Å². The Labute approximate surface area is 305 Å². The van der Waals surface area contributed by atoms with E-state index in [2.05, 4.69) is 27.3 Å². The first-order chi connectivity index (χ1) is 25.3. The van der Waals surface area contributed by atoms with Crippen molar-refractivity contribution in [1.82, 2.24) is 15.2 Å². The van der Waals surface area contributed by atoms with Crippen LogP contribution in [0.1, 0.15) is 80.6 Å². The molecule has 1 saturated heterocycles. The van der Waals surface area contributed by atoms with Crippen LogP contribution in [0, 0.1) is 11.8 Å². The van der Waals surface area contributed by atoms with Gasteiger partial charge in [0.05, 0.1) is 24.8 Å². The van der Waals surface area contributed by atoms with Gasteiger partial charge in [0.25, 0.3) is 0 Å². The number of aromatic hydroxyl groups is 1. The number of benzene rings is 3. The minimum absolute atomic E-state index is 0.0239. The number of hydrogen-bond donors (Lipinski definition) is 5. The number of pyridine rings is 1. The van der Waals surface area contributed by atoms with E-state index in [1.54, 1.807) is 12.1 Å². The zero-order valence-electron chi connectivity index (χ0n) is 30.0. The number of likely N-dealkylation sites (tertiary alicyclic amines) is 1. The van der Waals surface area contributed by atoms with Crippen molar-refractivity contribution in [2.45, 2.75) is 76.0 Å². The number of aliphatic hydroxyl groups excluding tert-OH is 1. The monoisotopic (exact) mass is 711 g/mol. The van der Waals surface area contributed by atoms with E-state index in [0.717, 1.165) is 89.7 Å². The minimum Gasteiger partial charge on any atom is -0.506 e. The molecule has 6 rings (SSSR count). The van der Waals surface area contributed by atoms with E-state index >= 15 is 0 Å². The first-order valence-electron chi connectivity index (χ1n) is 18.9. The molecule has 2 aliphatic rings. The summed E-state index contributed by atoms with van der Waals surface area (Å²) in [6, 6.07) is 23.8. The Kier molecular flexibility index (Phi) is 13.0. The third-order valence-electron chi connectivity index (χ3n) is 10.8. The number of carbonyl (C=O) groups is 1. The number of hydrogen-bond acceptors (Lipinski definition) is 9. The van der Waals surface area contributed by atoms with E-state index in [1.807, 2.05) is 42.5 Å². The lowest BCUT2D eigenvalue weighted by molar-refractivity contribution is -0.177. The van der Waals surface area contributed by atoms with Crippen LogP contribution in [0.4, 0.5) is 0 Å². The van der Waals surface area contributed by atoms with Crippen molar-refractivity contribution < 1.29 is 29.6 Å². The largest absolute Gasteiger partial charge is 0.506 e. The Morgan fingerprint density at radius 1 is 0.923 bits per heavy atom. The summed E-state index contributed by atoms with van der Waals surface area (Å²) >= 11 is 0. The Bertz CT molecular complexity index is 1780. The van der Waals surface area contributed by atoms with Gasteiger partial charge in [-0.2, -0.15) is 0 Å². The summed E-state index contributed by atoms with van der Waals surface area (Å²) in [5.74, 6) is 0.498. The standard InChI is InChI=1S/C42H53N3O7/c46-37-19-17-35(36-18-20-39(48)44-40(36)37)38(47)27-43-23-7-8-26-51-34-15-13-30(14-16-34)28-45-24-21-31(22-25-45)29-52-41(49)42(50,32-9-3-1-4-10-32)33-11-5-2-6-12-33/h1,3-4,9-10,13-20,31,33,38,43,46-47,50H,2,5-8,11-12,21-29H2,(H,44,48)/t38-,42?/m0/s1.